The van der Waals surface area contributed by atoms with Crippen molar-refractivity contribution >= 4 is 0 Å². The quantitative estimate of drug-likeness (QED) is 0.739. The number of hydrogen-bond donors (Lipinski definition) is 1. The van der Waals surface area contributed by atoms with Crippen molar-refractivity contribution in [3.8, 4) is 0 Å². The second kappa shape index (κ2) is 7.77. The van der Waals surface area contributed by atoms with Crippen LogP contribution >= 0.6 is 0 Å². The molecule has 5 heteroatoms. The zero-order valence-electron chi connectivity index (χ0n) is 12.3. The number of aryl methyl sites for hydroxylation is 1. The Kier molecular flexibility index (Phi) is 5.70. The Morgan fingerprint density at radius 3 is 2.75 bits per heavy atom. The van der Waals surface area contributed by atoms with Gasteiger partial charge in [-0.05, 0) is 32.1 Å². The van der Waals surface area contributed by atoms with Gasteiger partial charge < -0.3 is 10.2 Å². The van der Waals surface area contributed by atoms with Gasteiger partial charge in [-0.25, -0.2) is 0 Å². The highest BCUT2D eigenvalue weighted by Crippen LogP contribution is 2.02. The van der Waals surface area contributed by atoms with E-state index in [1.54, 1.807) is 4.68 Å². The summed E-state index contributed by atoms with van der Waals surface area (Å²) in [5.41, 5.74) is 2.35. The third-order valence-corrected chi connectivity index (χ3v) is 3.14. The van der Waals surface area contributed by atoms with Crippen LogP contribution in [-0.2, 0) is 20.1 Å². The van der Waals surface area contributed by atoms with Crippen molar-refractivity contribution in [3.63, 3.8) is 0 Å². The largest absolute Gasteiger partial charge is 0.311 e. The van der Waals surface area contributed by atoms with Crippen LogP contribution in [0.25, 0.3) is 0 Å². The normalized spacial score (nSPS) is 11.2. The average molecular weight is 273 g/mol. The first-order valence-electron chi connectivity index (χ1n) is 7.02. The van der Waals surface area contributed by atoms with E-state index in [0.29, 0.717) is 0 Å². The summed E-state index contributed by atoms with van der Waals surface area (Å²) in [6, 6.07) is 10.6. The number of nitrogens with one attached hydrogen (secondary N) is 1. The topological polar surface area (TPSA) is 46.0 Å². The van der Waals surface area contributed by atoms with E-state index in [0.717, 1.165) is 38.3 Å². The van der Waals surface area contributed by atoms with Crippen LogP contribution in [0.2, 0.25) is 0 Å². The molecular formula is C15H23N5. The van der Waals surface area contributed by atoms with E-state index in [2.05, 4.69) is 57.9 Å². The minimum absolute atomic E-state index is 0.788. The molecule has 2 rings (SSSR count). The summed E-state index contributed by atoms with van der Waals surface area (Å²) >= 11 is 0. The molecule has 5 nitrogen and oxygen atoms in total. The lowest BCUT2D eigenvalue weighted by molar-refractivity contribution is 0.319. The minimum Gasteiger partial charge on any atom is -0.311 e. The van der Waals surface area contributed by atoms with Crippen molar-refractivity contribution in [1.82, 2.24) is 25.2 Å². The average Bonchev–Trinajstić information content (AvgIpc) is 2.85. The van der Waals surface area contributed by atoms with Crippen LogP contribution < -0.4 is 5.32 Å². The fourth-order valence-electron chi connectivity index (χ4n) is 2.14. The Morgan fingerprint density at radius 1 is 1.25 bits per heavy atom. The molecule has 20 heavy (non-hydrogen) atoms. The van der Waals surface area contributed by atoms with Gasteiger partial charge in [0.25, 0.3) is 0 Å². The lowest BCUT2D eigenvalue weighted by Crippen LogP contribution is -2.23. The van der Waals surface area contributed by atoms with Gasteiger partial charge in [-0.2, -0.15) is 0 Å². The second-order valence-corrected chi connectivity index (χ2v) is 5.14. The molecule has 2 aromatic rings. The summed E-state index contributed by atoms with van der Waals surface area (Å²) in [5, 5.41) is 11.3. The molecule has 1 heterocycles. The molecule has 0 saturated heterocycles. The molecule has 108 valence electrons. The van der Waals surface area contributed by atoms with Crippen molar-refractivity contribution in [3.05, 3.63) is 47.8 Å². The highest BCUT2D eigenvalue weighted by atomic mass is 15.4. The van der Waals surface area contributed by atoms with E-state index < -0.39 is 0 Å². The molecule has 0 atom stereocenters. The minimum atomic E-state index is 0.788. The van der Waals surface area contributed by atoms with Crippen molar-refractivity contribution < 1.29 is 0 Å². The molecule has 0 radical (unpaired) electrons. The van der Waals surface area contributed by atoms with Crippen LogP contribution in [-0.4, -0.2) is 40.0 Å². The predicted octanol–water partition coefficient (Wildman–Crippen LogP) is 1.43. The Balaban J connectivity index is 1.56. The predicted molar refractivity (Wildman–Crippen MR) is 80.1 cm³/mol. The molecule has 0 spiro atoms. The molecule has 1 N–H and O–H groups in total. The molecule has 0 fully saturated rings. The van der Waals surface area contributed by atoms with E-state index in [-0.39, 0.29) is 0 Å². The standard InChI is InChI=1S/C15H23N5/c1-19(12-14-7-4-3-5-8-14)10-6-9-16-11-15-13-20(2)18-17-15/h3-5,7-8,13,16H,6,9-12H2,1-2H3. The van der Waals surface area contributed by atoms with Gasteiger partial charge in [0, 0.05) is 26.3 Å². The maximum absolute atomic E-state index is 4.04. The van der Waals surface area contributed by atoms with Gasteiger partial charge in [-0.1, -0.05) is 35.5 Å². The fourth-order valence-corrected chi connectivity index (χ4v) is 2.14. The lowest BCUT2D eigenvalue weighted by atomic mass is 10.2. The summed E-state index contributed by atoms with van der Waals surface area (Å²) in [6.07, 6.45) is 3.07. The first-order chi connectivity index (χ1) is 9.74. The molecule has 0 aliphatic carbocycles. The number of nitrogens with zero attached hydrogens (tertiary/aromatic N) is 4. The molecule has 0 saturated carbocycles. The molecule has 0 unspecified atom stereocenters. The van der Waals surface area contributed by atoms with Crippen LogP contribution in [0.5, 0.6) is 0 Å². The number of benzene rings is 1. The molecule has 0 aliphatic heterocycles. The van der Waals surface area contributed by atoms with E-state index in [4.69, 9.17) is 0 Å². The molecule has 1 aromatic heterocycles. The monoisotopic (exact) mass is 273 g/mol. The summed E-state index contributed by atoms with van der Waals surface area (Å²) < 4.78 is 1.73. The van der Waals surface area contributed by atoms with Crippen LogP contribution in [0.3, 0.4) is 0 Å². The first-order valence-corrected chi connectivity index (χ1v) is 7.02. The van der Waals surface area contributed by atoms with Crippen molar-refractivity contribution in [2.24, 2.45) is 7.05 Å². The Bertz CT molecular complexity index is 494. The number of hydrogen-bond acceptors (Lipinski definition) is 4. The molecule has 1 aromatic carbocycles. The SMILES string of the molecule is CN(CCCNCc1cn(C)nn1)Cc1ccccc1. The summed E-state index contributed by atoms with van der Waals surface area (Å²) in [4.78, 5) is 2.35. The fraction of sp³-hybridized carbons (Fsp3) is 0.467. The zero-order valence-corrected chi connectivity index (χ0v) is 12.3. The van der Waals surface area contributed by atoms with Crippen LogP contribution in [0.1, 0.15) is 17.7 Å². The molecule has 0 aliphatic rings. The zero-order chi connectivity index (χ0) is 14.2. The van der Waals surface area contributed by atoms with Crippen molar-refractivity contribution in [2.45, 2.75) is 19.5 Å². The van der Waals surface area contributed by atoms with E-state index >= 15 is 0 Å². The van der Waals surface area contributed by atoms with Gasteiger partial charge in [-0.3, -0.25) is 4.68 Å². The summed E-state index contributed by atoms with van der Waals surface area (Å²) in [5.74, 6) is 0. The third kappa shape index (κ3) is 5.11. The Labute approximate surface area is 120 Å². The molecule has 0 bridgehead atoms. The van der Waals surface area contributed by atoms with Gasteiger partial charge in [0.1, 0.15) is 0 Å². The van der Waals surface area contributed by atoms with Gasteiger partial charge in [0.2, 0.25) is 0 Å². The first kappa shape index (κ1) is 14.7. The van der Waals surface area contributed by atoms with Crippen LogP contribution in [0, 0.1) is 0 Å². The molecular weight excluding hydrogens is 250 g/mol. The third-order valence-electron chi connectivity index (χ3n) is 3.14. The number of aromatic nitrogens is 3. The maximum atomic E-state index is 4.04. The summed E-state index contributed by atoms with van der Waals surface area (Å²) in [7, 11) is 4.05. The molecule has 0 amide bonds. The van der Waals surface area contributed by atoms with Gasteiger partial charge in [0.05, 0.1) is 5.69 Å². The highest BCUT2D eigenvalue weighted by Gasteiger charge is 2.00. The Morgan fingerprint density at radius 2 is 2.05 bits per heavy atom. The van der Waals surface area contributed by atoms with Gasteiger partial charge in [-0.15, -0.1) is 5.10 Å². The van der Waals surface area contributed by atoms with Crippen LogP contribution in [0.15, 0.2) is 36.5 Å². The lowest BCUT2D eigenvalue weighted by Gasteiger charge is -2.16. The second-order valence-electron chi connectivity index (χ2n) is 5.14. The van der Waals surface area contributed by atoms with E-state index in [1.807, 2.05) is 13.2 Å². The number of rotatable bonds is 8. The smallest absolute Gasteiger partial charge is 0.0964 e. The van der Waals surface area contributed by atoms with Gasteiger partial charge >= 0.3 is 0 Å². The van der Waals surface area contributed by atoms with Crippen molar-refractivity contribution in [1.29, 1.82) is 0 Å². The van der Waals surface area contributed by atoms with Crippen molar-refractivity contribution in [2.75, 3.05) is 20.1 Å². The Hall–Kier alpha value is -1.72. The van der Waals surface area contributed by atoms with Gasteiger partial charge in [0.15, 0.2) is 0 Å². The highest BCUT2D eigenvalue weighted by molar-refractivity contribution is 5.14. The van der Waals surface area contributed by atoms with E-state index in [1.165, 1.54) is 5.56 Å². The van der Waals surface area contributed by atoms with Crippen LogP contribution in [0.4, 0.5) is 0 Å². The maximum Gasteiger partial charge on any atom is 0.0964 e. The van der Waals surface area contributed by atoms with E-state index in [9.17, 15) is 0 Å². The summed E-state index contributed by atoms with van der Waals surface area (Å²) in [6.45, 7) is 3.87.